The first kappa shape index (κ1) is 28.3. The van der Waals surface area contributed by atoms with E-state index in [1.165, 1.54) is 5.56 Å². The third-order valence-electron chi connectivity index (χ3n) is 8.75. The van der Waals surface area contributed by atoms with Gasteiger partial charge in [0.2, 0.25) is 5.72 Å². The zero-order valence-electron chi connectivity index (χ0n) is 25.6. The van der Waals surface area contributed by atoms with Crippen molar-refractivity contribution in [2.45, 2.75) is 38.5 Å². The van der Waals surface area contributed by atoms with Gasteiger partial charge < -0.3 is 14.4 Å². The zero-order chi connectivity index (χ0) is 31.2. The van der Waals surface area contributed by atoms with Crippen molar-refractivity contribution in [1.82, 2.24) is 15.4 Å². The van der Waals surface area contributed by atoms with Crippen molar-refractivity contribution >= 4 is 34.8 Å². The number of pyridine rings is 2. The van der Waals surface area contributed by atoms with E-state index in [1.54, 1.807) is 24.5 Å². The molecule has 2 aliphatic rings. The second-order valence-electron chi connectivity index (χ2n) is 11.9. The highest BCUT2D eigenvalue weighted by molar-refractivity contribution is 5.94. The van der Waals surface area contributed by atoms with Crippen LogP contribution < -0.4 is 19.8 Å². The number of nitrogens with one attached hydrogen (secondary N) is 1. The molecule has 2 aliphatic heterocycles. The van der Waals surface area contributed by atoms with Gasteiger partial charge in [-0.1, -0.05) is 42.5 Å². The fraction of sp³-hybridized carbons (Fsp3) is 0.189. The summed E-state index contributed by atoms with van der Waals surface area (Å²) >= 11 is 0. The number of likely N-dealkylation sites (N-methyl/N-ethyl adjacent to an activating group) is 1. The summed E-state index contributed by atoms with van der Waals surface area (Å²) in [4.78, 5) is 24.2. The van der Waals surface area contributed by atoms with Crippen molar-refractivity contribution in [1.29, 1.82) is 0 Å². The highest BCUT2D eigenvalue weighted by atomic mass is 16.5. The normalized spacial score (nSPS) is 17.7. The van der Waals surface area contributed by atoms with Crippen LogP contribution in [0.2, 0.25) is 0 Å². The summed E-state index contributed by atoms with van der Waals surface area (Å²) in [6.07, 6.45) is 7.64. The van der Waals surface area contributed by atoms with Gasteiger partial charge in [-0.05, 0) is 86.5 Å². The van der Waals surface area contributed by atoms with E-state index in [0.717, 1.165) is 33.3 Å². The quantitative estimate of drug-likeness (QED) is 0.171. The standard InChI is InChI=1S/C37H33N5O3/c1-24-20-26-17-18-37(36(2,3)29-13-5-6-15-31(29)42(37)4)45-34(26)27(21-24)22-39-41-35(43)30-14-8-12-28(40-30)23-44-32-16-7-10-25-11-9-19-38-33(25)32/h5-22H,23H2,1-4H3,(H,41,43)/b39-22+. The Kier molecular flexibility index (Phi) is 6.85. The van der Waals surface area contributed by atoms with Crippen LogP contribution in [0.25, 0.3) is 17.0 Å². The average Bonchev–Trinajstić information content (AvgIpc) is 3.21. The van der Waals surface area contributed by atoms with E-state index in [1.807, 2.05) is 49.4 Å². The molecule has 5 aromatic rings. The maximum absolute atomic E-state index is 13.1. The number of carbonyl (C=O) groups excluding carboxylic acids is 1. The van der Waals surface area contributed by atoms with E-state index in [4.69, 9.17) is 9.47 Å². The molecule has 224 valence electrons. The summed E-state index contributed by atoms with van der Waals surface area (Å²) < 4.78 is 12.9. The number of amides is 1. The monoisotopic (exact) mass is 595 g/mol. The Morgan fingerprint density at radius 2 is 1.87 bits per heavy atom. The Bertz CT molecular complexity index is 2010. The largest absolute Gasteiger partial charge is 0.485 e. The molecule has 4 heterocycles. The molecule has 1 amide bonds. The molecule has 8 nitrogen and oxygen atoms in total. The average molecular weight is 596 g/mol. The van der Waals surface area contributed by atoms with Gasteiger partial charge in [-0.2, -0.15) is 5.10 Å². The molecule has 3 aromatic carbocycles. The third kappa shape index (κ3) is 4.79. The van der Waals surface area contributed by atoms with Crippen molar-refractivity contribution in [3.05, 3.63) is 131 Å². The number of hydrazone groups is 1. The minimum absolute atomic E-state index is 0.191. The van der Waals surface area contributed by atoms with Crippen LogP contribution in [0.1, 0.15) is 52.3 Å². The summed E-state index contributed by atoms with van der Waals surface area (Å²) in [5.41, 5.74) is 8.36. The van der Waals surface area contributed by atoms with Crippen LogP contribution in [0.5, 0.6) is 11.5 Å². The number of carbonyl (C=O) groups is 1. The minimum atomic E-state index is -0.723. The lowest BCUT2D eigenvalue weighted by Crippen LogP contribution is -2.58. The van der Waals surface area contributed by atoms with Crippen molar-refractivity contribution in [3.8, 4) is 11.5 Å². The SMILES string of the molecule is Cc1cc2c(c(/C=N/NC(=O)c3cccc(COc4cccc5cccnc45)n3)c1)OC1(C=C2)N(C)c2ccccc2C1(C)C. The molecule has 1 N–H and O–H groups in total. The van der Waals surface area contributed by atoms with Gasteiger partial charge in [-0.25, -0.2) is 10.4 Å². The smallest absolute Gasteiger partial charge is 0.289 e. The van der Waals surface area contributed by atoms with E-state index in [9.17, 15) is 4.79 Å². The minimum Gasteiger partial charge on any atom is -0.485 e. The number of fused-ring (bicyclic) bond motifs is 3. The van der Waals surface area contributed by atoms with Gasteiger partial charge in [-0.3, -0.25) is 9.78 Å². The Morgan fingerprint density at radius 1 is 1.04 bits per heavy atom. The van der Waals surface area contributed by atoms with Gasteiger partial charge in [0, 0.05) is 35.4 Å². The molecule has 2 aromatic heterocycles. The molecule has 1 unspecified atom stereocenters. The molecule has 7 rings (SSSR count). The van der Waals surface area contributed by atoms with Crippen LogP contribution in [0.15, 0.2) is 102 Å². The van der Waals surface area contributed by atoms with Gasteiger partial charge in [0.1, 0.15) is 29.3 Å². The molecule has 0 radical (unpaired) electrons. The predicted octanol–water partition coefficient (Wildman–Crippen LogP) is 6.81. The third-order valence-corrected chi connectivity index (χ3v) is 8.75. The van der Waals surface area contributed by atoms with Crippen molar-refractivity contribution < 1.29 is 14.3 Å². The van der Waals surface area contributed by atoms with E-state index < -0.39 is 11.6 Å². The maximum Gasteiger partial charge on any atom is 0.289 e. The van der Waals surface area contributed by atoms with Crippen LogP contribution in [0.4, 0.5) is 5.69 Å². The second-order valence-corrected chi connectivity index (χ2v) is 11.9. The van der Waals surface area contributed by atoms with E-state index >= 15 is 0 Å². The van der Waals surface area contributed by atoms with Gasteiger partial charge in [0.25, 0.3) is 5.91 Å². The number of nitrogens with zero attached hydrogens (tertiary/aromatic N) is 4. The molecule has 45 heavy (non-hydrogen) atoms. The lowest BCUT2D eigenvalue weighted by molar-refractivity contribution is 0.0580. The summed E-state index contributed by atoms with van der Waals surface area (Å²) in [6, 6.07) is 27.4. The van der Waals surface area contributed by atoms with Crippen LogP contribution in [0, 0.1) is 6.92 Å². The molecule has 0 saturated carbocycles. The first-order valence-electron chi connectivity index (χ1n) is 14.9. The van der Waals surface area contributed by atoms with Gasteiger partial charge in [-0.15, -0.1) is 0 Å². The van der Waals surface area contributed by atoms with E-state index in [2.05, 4.69) is 88.8 Å². The topological polar surface area (TPSA) is 88.9 Å². The molecule has 8 heteroatoms. The Morgan fingerprint density at radius 3 is 2.73 bits per heavy atom. The fourth-order valence-electron chi connectivity index (χ4n) is 6.41. The molecule has 1 spiro atoms. The lowest BCUT2D eigenvalue weighted by atomic mass is 9.76. The van der Waals surface area contributed by atoms with E-state index in [-0.39, 0.29) is 17.7 Å². The molecule has 1 atom stereocenters. The number of anilines is 1. The molecule has 0 bridgehead atoms. The maximum atomic E-state index is 13.1. The van der Waals surface area contributed by atoms with Gasteiger partial charge in [0.15, 0.2) is 0 Å². The summed E-state index contributed by atoms with van der Waals surface area (Å²) in [7, 11) is 2.07. The van der Waals surface area contributed by atoms with Crippen LogP contribution in [-0.2, 0) is 12.0 Å². The van der Waals surface area contributed by atoms with Gasteiger partial charge in [0.05, 0.1) is 17.3 Å². The number of benzene rings is 3. The first-order chi connectivity index (χ1) is 21.8. The molecule has 0 fully saturated rings. The number of hydrogen-bond acceptors (Lipinski definition) is 7. The van der Waals surface area contributed by atoms with Gasteiger partial charge >= 0.3 is 0 Å². The summed E-state index contributed by atoms with van der Waals surface area (Å²) in [6.45, 7) is 6.63. The number of rotatable bonds is 6. The van der Waals surface area contributed by atoms with Crippen molar-refractivity contribution in [2.75, 3.05) is 11.9 Å². The van der Waals surface area contributed by atoms with Crippen molar-refractivity contribution in [2.24, 2.45) is 5.10 Å². The fourth-order valence-corrected chi connectivity index (χ4v) is 6.41. The number of aryl methyl sites for hydroxylation is 1. The molecular weight excluding hydrogens is 562 g/mol. The first-order valence-corrected chi connectivity index (χ1v) is 14.9. The van der Waals surface area contributed by atoms with E-state index in [0.29, 0.717) is 17.2 Å². The van der Waals surface area contributed by atoms with Crippen LogP contribution in [-0.4, -0.2) is 34.9 Å². The predicted molar refractivity (Wildman–Crippen MR) is 177 cm³/mol. The summed E-state index contributed by atoms with van der Waals surface area (Å²) in [5.74, 6) is 0.950. The zero-order valence-corrected chi connectivity index (χ0v) is 25.6. The Labute approximate surface area is 262 Å². The van der Waals surface area contributed by atoms with Crippen LogP contribution >= 0.6 is 0 Å². The highest BCUT2D eigenvalue weighted by Gasteiger charge is 2.57. The Hall–Kier alpha value is -5.50. The number of para-hydroxylation sites is 2. The Balaban J connectivity index is 1.08. The van der Waals surface area contributed by atoms with Crippen molar-refractivity contribution in [3.63, 3.8) is 0 Å². The molecule has 0 aliphatic carbocycles. The molecule has 0 saturated heterocycles. The number of hydrogen-bond donors (Lipinski definition) is 1. The second kappa shape index (κ2) is 10.9. The lowest BCUT2D eigenvalue weighted by Gasteiger charge is -2.46. The van der Waals surface area contributed by atoms with Crippen LogP contribution in [0.3, 0.4) is 0 Å². The highest BCUT2D eigenvalue weighted by Crippen LogP contribution is 2.54. The molecular formula is C37H33N5O3. The number of aromatic nitrogens is 2. The summed E-state index contributed by atoms with van der Waals surface area (Å²) in [5, 5.41) is 5.30. The number of ether oxygens (including phenoxy) is 2.